The molecular weight excluding hydrogens is 364 g/mol. The van der Waals surface area contributed by atoms with Gasteiger partial charge in [-0.2, -0.15) is 0 Å². The van der Waals surface area contributed by atoms with Gasteiger partial charge in [0.1, 0.15) is 0 Å². The summed E-state index contributed by atoms with van der Waals surface area (Å²) < 4.78 is 1.00. The van der Waals surface area contributed by atoms with Crippen LogP contribution in [0.4, 0.5) is 0 Å². The van der Waals surface area contributed by atoms with Gasteiger partial charge >= 0.3 is 0 Å². The number of nitrogens with zero attached hydrogens (tertiary/aromatic N) is 1. The van der Waals surface area contributed by atoms with E-state index in [0.717, 1.165) is 29.5 Å². The van der Waals surface area contributed by atoms with Crippen LogP contribution in [0.3, 0.4) is 0 Å². The summed E-state index contributed by atoms with van der Waals surface area (Å²) in [5.74, 6) is 0.612. The molecule has 1 aliphatic heterocycles. The highest BCUT2D eigenvalue weighted by atomic mass is 79.9. The Morgan fingerprint density at radius 3 is 2.79 bits per heavy atom. The molecule has 4 heteroatoms. The second-order valence-electron chi connectivity index (χ2n) is 6.41. The topological polar surface area (TPSA) is 36.1 Å². The number of carbonyl (C=O) groups is 1. The number of benzene rings is 2. The smallest absolute Gasteiger partial charge is 0.227 e. The van der Waals surface area contributed by atoms with Crippen LogP contribution in [-0.4, -0.2) is 28.9 Å². The summed E-state index contributed by atoms with van der Waals surface area (Å²) in [7, 11) is 0. The van der Waals surface area contributed by atoms with Gasteiger partial charge in [-0.3, -0.25) is 4.79 Å². The van der Waals surface area contributed by atoms with E-state index in [4.69, 9.17) is 0 Å². The Kier molecular flexibility index (Phi) is 4.15. The van der Waals surface area contributed by atoms with Gasteiger partial charge < -0.3 is 9.88 Å². The fourth-order valence-electron chi connectivity index (χ4n) is 3.47. The Morgan fingerprint density at radius 1 is 1.17 bits per heavy atom. The molecule has 0 radical (unpaired) electrons. The lowest BCUT2D eigenvalue weighted by atomic mass is 10.1. The first-order chi connectivity index (χ1) is 11.7. The van der Waals surface area contributed by atoms with Crippen molar-refractivity contribution in [2.75, 3.05) is 13.1 Å². The minimum atomic E-state index is 0.209. The van der Waals surface area contributed by atoms with Crippen LogP contribution in [0.1, 0.15) is 23.6 Å². The molecule has 1 amide bonds. The molecule has 0 aliphatic carbocycles. The highest BCUT2D eigenvalue weighted by molar-refractivity contribution is 9.10. The lowest BCUT2D eigenvalue weighted by Gasteiger charge is -2.17. The van der Waals surface area contributed by atoms with Gasteiger partial charge in [-0.05, 0) is 35.6 Å². The van der Waals surface area contributed by atoms with Crippen LogP contribution in [0.15, 0.2) is 59.1 Å². The first-order valence-electron chi connectivity index (χ1n) is 8.29. The third kappa shape index (κ3) is 2.98. The predicted molar refractivity (Wildman–Crippen MR) is 100 cm³/mol. The third-order valence-corrected chi connectivity index (χ3v) is 5.60. The standard InChI is InChI=1S/C20H19BrN2O/c21-17-7-3-1-5-14(17)12-20(24)23-10-9-16(13-23)19-11-15-6-2-4-8-18(15)22-19/h1-8,11,16,22H,9-10,12-13H2. The second kappa shape index (κ2) is 6.44. The summed E-state index contributed by atoms with van der Waals surface area (Å²) in [6, 6.07) is 18.5. The van der Waals surface area contributed by atoms with E-state index in [9.17, 15) is 4.79 Å². The molecule has 1 N–H and O–H groups in total. The van der Waals surface area contributed by atoms with E-state index in [-0.39, 0.29) is 5.91 Å². The van der Waals surface area contributed by atoms with Crippen LogP contribution in [-0.2, 0) is 11.2 Å². The molecule has 2 heterocycles. The molecule has 0 saturated carbocycles. The van der Waals surface area contributed by atoms with Gasteiger partial charge in [0, 0.05) is 34.7 Å². The number of para-hydroxylation sites is 1. The number of aromatic amines is 1. The summed E-state index contributed by atoms with van der Waals surface area (Å²) >= 11 is 3.53. The molecule has 0 spiro atoms. The molecule has 4 rings (SSSR count). The van der Waals surface area contributed by atoms with Gasteiger partial charge in [-0.1, -0.05) is 52.3 Å². The number of amides is 1. The van der Waals surface area contributed by atoms with E-state index < -0.39 is 0 Å². The Morgan fingerprint density at radius 2 is 1.96 bits per heavy atom. The number of aromatic nitrogens is 1. The van der Waals surface area contributed by atoms with Crippen molar-refractivity contribution >= 4 is 32.7 Å². The Balaban J connectivity index is 1.46. The van der Waals surface area contributed by atoms with Crippen molar-refractivity contribution in [3.8, 4) is 0 Å². The molecule has 1 unspecified atom stereocenters. The minimum Gasteiger partial charge on any atom is -0.358 e. The van der Waals surface area contributed by atoms with Gasteiger partial charge in [-0.15, -0.1) is 0 Å². The van der Waals surface area contributed by atoms with Crippen LogP contribution in [0.25, 0.3) is 10.9 Å². The summed E-state index contributed by atoms with van der Waals surface area (Å²) in [5.41, 5.74) is 3.47. The molecule has 1 aliphatic rings. The first-order valence-corrected chi connectivity index (χ1v) is 9.09. The van der Waals surface area contributed by atoms with Crippen LogP contribution in [0, 0.1) is 0 Å². The Hall–Kier alpha value is -2.07. The fourth-order valence-corrected chi connectivity index (χ4v) is 3.90. The van der Waals surface area contributed by atoms with Gasteiger partial charge in [-0.25, -0.2) is 0 Å². The molecule has 3 nitrogen and oxygen atoms in total. The van der Waals surface area contributed by atoms with E-state index in [2.05, 4.69) is 45.2 Å². The largest absolute Gasteiger partial charge is 0.358 e. The van der Waals surface area contributed by atoms with E-state index in [0.29, 0.717) is 12.3 Å². The van der Waals surface area contributed by atoms with E-state index in [1.54, 1.807) is 0 Å². The number of likely N-dealkylation sites (tertiary alicyclic amines) is 1. The van der Waals surface area contributed by atoms with Gasteiger partial charge in [0.15, 0.2) is 0 Å². The summed E-state index contributed by atoms with van der Waals surface area (Å²) in [6.45, 7) is 1.64. The van der Waals surface area contributed by atoms with Crippen molar-refractivity contribution in [1.82, 2.24) is 9.88 Å². The Bertz CT molecular complexity index is 853. The normalized spacial score (nSPS) is 17.5. The predicted octanol–water partition coefficient (Wildman–Crippen LogP) is 4.49. The fraction of sp³-hybridized carbons (Fsp3) is 0.250. The zero-order valence-electron chi connectivity index (χ0n) is 13.3. The van der Waals surface area contributed by atoms with E-state index in [1.807, 2.05) is 35.2 Å². The van der Waals surface area contributed by atoms with Gasteiger partial charge in [0.05, 0.1) is 6.42 Å². The van der Waals surface area contributed by atoms with Crippen molar-refractivity contribution < 1.29 is 4.79 Å². The lowest BCUT2D eigenvalue weighted by Crippen LogP contribution is -2.30. The number of halogens is 1. The zero-order valence-corrected chi connectivity index (χ0v) is 14.9. The SMILES string of the molecule is O=C(Cc1ccccc1Br)N1CCC(c2cc3ccccc3[nH]2)C1. The molecule has 1 aromatic heterocycles. The van der Waals surface area contributed by atoms with Crippen LogP contribution < -0.4 is 0 Å². The molecule has 0 bridgehead atoms. The average Bonchev–Trinajstić information content (AvgIpc) is 3.23. The van der Waals surface area contributed by atoms with Gasteiger partial charge in [0.25, 0.3) is 0 Å². The molecule has 3 aromatic rings. The van der Waals surface area contributed by atoms with E-state index >= 15 is 0 Å². The molecule has 24 heavy (non-hydrogen) atoms. The molecule has 1 saturated heterocycles. The number of hydrogen-bond acceptors (Lipinski definition) is 1. The van der Waals surface area contributed by atoms with Crippen LogP contribution in [0.2, 0.25) is 0 Å². The van der Waals surface area contributed by atoms with E-state index in [1.165, 1.54) is 16.6 Å². The molecule has 1 atom stereocenters. The Labute approximate surface area is 149 Å². The molecule has 122 valence electrons. The molecule has 2 aromatic carbocycles. The number of rotatable bonds is 3. The van der Waals surface area contributed by atoms with Crippen molar-refractivity contribution in [2.45, 2.75) is 18.8 Å². The van der Waals surface area contributed by atoms with Crippen LogP contribution in [0.5, 0.6) is 0 Å². The lowest BCUT2D eigenvalue weighted by molar-refractivity contribution is -0.129. The highest BCUT2D eigenvalue weighted by Gasteiger charge is 2.28. The number of H-pyrrole nitrogens is 1. The molecule has 1 fully saturated rings. The summed E-state index contributed by atoms with van der Waals surface area (Å²) in [5, 5.41) is 1.24. The summed E-state index contributed by atoms with van der Waals surface area (Å²) in [4.78, 5) is 18.1. The second-order valence-corrected chi connectivity index (χ2v) is 7.26. The highest BCUT2D eigenvalue weighted by Crippen LogP contribution is 2.29. The number of carbonyl (C=O) groups excluding carboxylic acids is 1. The van der Waals surface area contributed by atoms with Crippen LogP contribution >= 0.6 is 15.9 Å². The monoisotopic (exact) mass is 382 g/mol. The van der Waals surface area contributed by atoms with Crippen molar-refractivity contribution in [3.63, 3.8) is 0 Å². The first kappa shape index (κ1) is 15.5. The van der Waals surface area contributed by atoms with Crippen molar-refractivity contribution in [1.29, 1.82) is 0 Å². The number of hydrogen-bond donors (Lipinski definition) is 1. The maximum atomic E-state index is 12.6. The minimum absolute atomic E-state index is 0.209. The quantitative estimate of drug-likeness (QED) is 0.711. The van der Waals surface area contributed by atoms with Crippen molar-refractivity contribution in [3.05, 3.63) is 70.3 Å². The number of nitrogens with one attached hydrogen (secondary N) is 1. The van der Waals surface area contributed by atoms with Crippen molar-refractivity contribution in [2.24, 2.45) is 0 Å². The zero-order chi connectivity index (χ0) is 16.5. The summed E-state index contributed by atoms with van der Waals surface area (Å²) in [6.07, 6.45) is 1.48. The number of fused-ring (bicyclic) bond motifs is 1. The molecular formula is C20H19BrN2O. The third-order valence-electron chi connectivity index (χ3n) is 4.83. The van der Waals surface area contributed by atoms with Gasteiger partial charge in [0.2, 0.25) is 5.91 Å². The average molecular weight is 383 g/mol. The maximum Gasteiger partial charge on any atom is 0.227 e. The maximum absolute atomic E-state index is 12.6.